The van der Waals surface area contributed by atoms with Gasteiger partial charge in [-0.2, -0.15) is 0 Å². The van der Waals surface area contributed by atoms with Gasteiger partial charge in [0.05, 0.1) is 12.2 Å². The van der Waals surface area contributed by atoms with Gasteiger partial charge < -0.3 is 14.6 Å². The van der Waals surface area contributed by atoms with Crippen molar-refractivity contribution in [2.24, 2.45) is 34.5 Å². The average Bonchev–Trinajstić information content (AvgIpc) is 3.04. The molecule has 0 aromatic rings. The Morgan fingerprint density at radius 1 is 1.12 bits per heavy atom. The van der Waals surface area contributed by atoms with E-state index in [4.69, 9.17) is 4.43 Å². The third kappa shape index (κ3) is 3.63. The molecule has 0 bridgehead atoms. The molecular formula is C28H48O3Si. The molecule has 0 saturated heterocycles. The van der Waals surface area contributed by atoms with E-state index in [0.717, 1.165) is 19.3 Å². The van der Waals surface area contributed by atoms with Crippen molar-refractivity contribution >= 4 is 8.32 Å². The molecule has 3 saturated carbocycles. The van der Waals surface area contributed by atoms with Crippen molar-refractivity contribution in [1.29, 1.82) is 0 Å². The molecule has 0 unspecified atom stereocenters. The van der Waals surface area contributed by atoms with Gasteiger partial charge in [0.1, 0.15) is 0 Å². The van der Waals surface area contributed by atoms with E-state index in [-0.39, 0.29) is 22.7 Å². The van der Waals surface area contributed by atoms with Crippen LogP contribution in [-0.4, -0.2) is 37.3 Å². The van der Waals surface area contributed by atoms with E-state index in [1.807, 2.05) is 0 Å². The van der Waals surface area contributed by atoms with Crippen LogP contribution in [0, 0.1) is 34.5 Å². The van der Waals surface area contributed by atoms with E-state index in [9.17, 15) is 10.2 Å². The second-order valence-electron chi connectivity index (χ2n) is 13.6. The van der Waals surface area contributed by atoms with Gasteiger partial charge in [0.2, 0.25) is 0 Å². The normalized spacial score (nSPS) is 43.0. The fourth-order valence-electron chi connectivity index (χ4n) is 7.82. The first-order chi connectivity index (χ1) is 14.8. The highest BCUT2D eigenvalue weighted by Gasteiger charge is 2.59. The first kappa shape index (κ1) is 24.7. The van der Waals surface area contributed by atoms with Gasteiger partial charge in [-0.25, -0.2) is 0 Å². The van der Waals surface area contributed by atoms with E-state index >= 15 is 0 Å². The van der Waals surface area contributed by atoms with E-state index in [2.05, 4.69) is 66.8 Å². The van der Waals surface area contributed by atoms with Gasteiger partial charge in [0.25, 0.3) is 0 Å². The predicted octanol–water partition coefficient (Wildman–Crippen LogP) is 6.48. The van der Waals surface area contributed by atoms with Gasteiger partial charge in [-0.15, -0.1) is 0 Å². The molecule has 0 radical (unpaired) electrons. The number of hydrogen-bond acceptors (Lipinski definition) is 3. The summed E-state index contributed by atoms with van der Waals surface area (Å²) in [5.41, 5.74) is 3.15. The quantitative estimate of drug-likeness (QED) is 0.472. The summed E-state index contributed by atoms with van der Waals surface area (Å²) in [6, 6.07) is 0. The maximum atomic E-state index is 11.6. The highest BCUT2D eigenvalue weighted by molar-refractivity contribution is 6.74. The van der Waals surface area contributed by atoms with Gasteiger partial charge in [-0.3, -0.25) is 0 Å². The summed E-state index contributed by atoms with van der Waals surface area (Å²) in [7, 11) is -1.86. The van der Waals surface area contributed by atoms with Gasteiger partial charge >= 0.3 is 0 Å². The first-order valence-electron chi connectivity index (χ1n) is 13.1. The maximum absolute atomic E-state index is 11.6. The van der Waals surface area contributed by atoms with Gasteiger partial charge in [-0.1, -0.05) is 64.8 Å². The van der Waals surface area contributed by atoms with Crippen molar-refractivity contribution < 1.29 is 14.6 Å². The Morgan fingerprint density at radius 3 is 2.44 bits per heavy atom. The van der Waals surface area contributed by atoms with Crippen molar-refractivity contribution in [2.45, 2.75) is 110 Å². The minimum absolute atomic E-state index is 0.135. The third-order valence-electron chi connectivity index (χ3n) is 10.9. The number of rotatable bonds is 4. The van der Waals surface area contributed by atoms with Crippen LogP contribution >= 0.6 is 0 Å². The molecule has 4 heteroatoms. The van der Waals surface area contributed by atoms with Gasteiger partial charge in [-0.05, 0) is 85.7 Å². The van der Waals surface area contributed by atoms with Crippen LogP contribution in [0.5, 0.6) is 0 Å². The second-order valence-corrected chi connectivity index (χ2v) is 18.3. The van der Waals surface area contributed by atoms with Gasteiger partial charge in [0.15, 0.2) is 8.32 Å². The highest BCUT2D eigenvalue weighted by Crippen LogP contribution is 2.66. The summed E-state index contributed by atoms with van der Waals surface area (Å²) < 4.78 is 6.78. The zero-order chi connectivity index (χ0) is 23.7. The van der Waals surface area contributed by atoms with E-state index in [1.165, 1.54) is 24.8 Å². The van der Waals surface area contributed by atoms with Crippen LogP contribution in [0.25, 0.3) is 0 Å². The average molecular weight is 461 g/mol. The van der Waals surface area contributed by atoms with Crippen LogP contribution in [-0.2, 0) is 4.43 Å². The van der Waals surface area contributed by atoms with Crippen LogP contribution in [0.3, 0.4) is 0 Å². The molecule has 4 aliphatic carbocycles. The van der Waals surface area contributed by atoms with Crippen molar-refractivity contribution in [3.8, 4) is 0 Å². The number of allylic oxidation sites excluding steroid dienone is 3. The molecule has 0 heterocycles. The summed E-state index contributed by atoms with van der Waals surface area (Å²) in [4.78, 5) is 0. The van der Waals surface area contributed by atoms with Crippen molar-refractivity contribution in [3.63, 3.8) is 0 Å². The summed E-state index contributed by atoms with van der Waals surface area (Å²) in [5.74, 6) is 2.04. The molecule has 0 aromatic heterocycles. The molecule has 0 aromatic carbocycles. The minimum Gasteiger partial charge on any atom is -0.414 e. The molecule has 32 heavy (non-hydrogen) atoms. The SMILES string of the molecule is C[C@@H](CO)[C@H]1CC[C@H]2C3=CC=C4C[C@@H](O[Si](C)(C)C(C)(C)C)C[C@H](O)[C@]4(C)[C@H]3CC[C@]12C. The van der Waals surface area contributed by atoms with Crippen LogP contribution in [0.4, 0.5) is 0 Å². The largest absolute Gasteiger partial charge is 0.414 e. The molecule has 8 atom stereocenters. The van der Waals surface area contributed by atoms with Crippen LogP contribution in [0.15, 0.2) is 23.3 Å². The van der Waals surface area contributed by atoms with Crippen molar-refractivity contribution in [3.05, 3.63) is 23.3 Å². The fraction of sp³-hybridized carbons (Fsp3) is 0.857. The van der Waals surface area contributed by atoms with Crippen molar-refractivity contribution in [2.75, 3.05) is 6.61 Å². The lowest BCUT2D eigenvalue weighted by atomic mass is 9.49. The molecule has 4 aliphatic rings. The summed E-state index contributed by atoms with van der Waals surface area (Å²) in [6.07, 6.45) is 11.2. The third-order valence-corrected chi connectivity index (χ3v) is 15.5. The Hall–Kier alpha value is -0.423. The Labute approximate surface area is 197 Å². The molecule has 2 N–H and O–H groups in total. The Morgan fingerprint density at radius 2 is 1.81 bits per heavy atom. The molecule has 182 valence electrons. The lowest BCUT2D eigenvalue weighted by Gasteiger charge is -2.57. The van der Waals surface area contributed by atoms with E-state index < -0.39 is 8.32 Å². The summed E-state index contributed by atoms with van der Waals surface area (Å²) >= 11 is 0. The number of hydrogen-bond donors (Lipinski definition) is 2. The molecule has 4 rings (SSSR count). The monoisotopic (exact) mass is 460 g/mol. The first-order valence-corrected chi connectivity index (χ1v) is 16.0. The standard InChI is InChI=1S/C28H48O3Si/c1-18(17-29)22-11-12-23-21-10-9-19-15-20(31-32(7,8)26(2,3)4)16-25(30)28(19,6)24(21)13-14-27(22,23)5/h9-10,18,20,22-25,29-30H,11-17H2,1-8H3/t18-,20+,22+,23-,24-,25-,27+,28-/m0/s1. The Balaban J connectivity index is 1.61. The summed E-state index contributed by atoms with van der Waals surface area (Å²) in [6.45, 7) is 18.9. The summed E-state index contributed by atoms with van der Waals surface area (Å²) in [5, 5.41) is 21.6. The highest BCUT2D eigenvalue weighted by atomic mass is 28.4. The topological polar surface area (TPSA) is 49.7 Å². The molecular weight excluding hydrogens is 412 g/mol. The lowest BCUT2D eigenvalue weighted by Crippen LogP contribution is -2.54. The number of fused-ring (bicyclic) bond motifs is 5. The smallest absolute Gasteiger partial charge is 0.192 e. The maximum Gasteiger partial charge on any atom is 0.192 e. The Bertz CT molecular complexity index is 793. The van der Waals surface area contributed by atoms with Gasteiger partial charge in [0, 0.05) is 12.0 Å². The molecule has 0 amide bonds. The predicted molar refractivity (Wildman–Crippen MR) is 135 cm³/mol. The molecule has 3 nitrogen and oxygen atoms in total. The zero-order valence-corrected chi connectivity index (χ0v) is 22.9. The molecule has 0 spiro atoms. The van der Waals surface area contributed by atoms with Crippen LogP contribution < -0.4 is 0 Å². The van der Waals surface area contributed by atoms with E-state index in [0.29, 0.717) is 35.7 Å². The second kappa shape index (κ2) is 8.07. The lowest BCUT2D eigenvalue weighted by molar-refractivity contribution is -0.0525. The number of aliphatic hydroxyl groups is 2. The van der Waals surface area contributed by atoms with E-state index in [1.54, 1.807) is 5.57 Å². The Kier molecular flexibility index (Phi) is 6.23. The van der Waals surface area contributed by atoms with Crippen molar-refractivity contribution in [1.82, 2.24) is 0 Å². The zero-order valence-electron chi connectivity index (χ0n) is 21.9. The fourth-order valence-corrected chi connectivity index (χ4v) is 9.18. The van der Waals surface area contributed by atoms with Crippen LogP contribution in [0.1, 0.15) is 80.1 Å². The molecule has 3 fully saturated rings. The minimum atomic E-state index is -1.86. The molecule has 0 aliphatic heterocycles. The number of aliphatic hydroxyl groups excluding tert-OH is 2. The van der Waals surface area contributed by atoms with Crippen LogP contribution in [0.2, 0.25) is 18.1 Å².